The van der Waals surface area contributed by atoms with Gasteiger partial charge < -0.3 is 15.2 Å². The highest BCUT2D eigenvalue weighted by molar-refractivity contribution is 7.99. The number of carboxylic acids is 1. The molecule has 0 fully saturated rings. The van der Waals surface area contributed by atoms with Crippen molar-refractivity contribution in [1.82, 2.24) is 5.32 Å². The minimum atomic E-state index is -0.907. The summed E-state index contributed by atoms with van der Waals surface area (Å²) < 4.78 is 18.5. The van der Waals surface area contributed by atoms with Gasteiger partial charge in [-0.2, -0.15) is 0 Å². The van der Waals surface area contributed by atoms with Gasteiger partial charge in [-0.05, 0) is 12.1 Å². The van der Waals surface area contributed by atoms with Crippen LogP contribution in [-0.2, 0) is 4.79 Å². The average molecular weight is 287 g/mol. The number of hydrogen-bond donors (Lipinski definition) is 2. The number of carbonyl (C=O) groups excluding carboxylic acids is 1. The zero-order valence-corrected chi connectivity index (χ0v) is 11.1. The quantitative estimate of drug-likeness (QED) is 0.741. The lowest BCUT2D eigenvalue weighted by Gasteiger charge is -2.08. The number of hydrogen-bond acceptors (Lipinski definition) is 4. The monoisotopic (exact) mass is 287 g/mol. The van der Waals surface area contributed by atoms with Crippen molar-refractivity contribution in [3.8, 4) is 5.75 Å². The molecule has 0 bridgehead atoms. The van der Waals surface area contributed by atoms with E-state index in [1.54, 1.807) is 0 Å². The van der Waals surface area contributed by atoms with E-state index in [-0.39, 0.29) is 23.6 Å². The van der Waals surface area contributed by atoms with Gasteiger partial charge in [0.2, 0.25) is 0 Å². The van der Waals surface area contributed by atoms with Gasteiger partial charge in [0, 0.05) is 12.3 Å². The summed E-state index contributed by atoms with van der Waals surface area (Å²) in [6.45, 7) is 0.271. The molecule has 1 amide bonds. The average Bonchev–Trinajstić information content (AvgIpc) is 2.38. The van der Waals surface area contributed by atoms with Crippen LogP contribution in [0.25, 0.3) is 0 Å². The minimum absolute atomic E-state index is 0.00732. The Bertz CT molecular complexity index is 467. The third kappa shape index (κ3) is 4.78. The van der Waals surface area contributed by atoms with E-state index in [0.717, 1.165) is 0 Å². The van der Waals surface area contributed by atoms with Crippen molar-refractivity contribution in [2.75, 3.05) is 25.2 Å². The highest BCUT2D eigenvalue weighted by Crippen LogP contribution is 2.19. The Hall–Kier alpha value is -1.76. The van der Waals surface area contributed by atoms with Gasteiger partial charge in [-0.3, -0.25) is 9.59 Å². The second kappa shape index (κ2) is 7.63. The number of thioether (sulfide) groups is 1. The fourth-order valence-electron chi connectivity index (χ4n) is 1.34. The fourth-order valence-corrected chi connectivity index (χ4v) is 1.90. The van der Waals surface area contributed by atoms with E-state index >= 15 is 0 Å². The summed E-state index contributed by atoms with van der Waals surface area (Å²) in [5, 5.41) is 10.9. The van der Waals surface area contributed by atoms with E-state index in [0.29, 0.717) is 5.75 Å². The van der Waals surface area contributed by atoms with Crippen LogP contribution in [0, 0.1) is 5.82 Å². The van der Waals surface area contributed by atoms with Crippen molar-refractivity contribution >= 4 is 23.6 Å². The number of methoxy groups -OCH3 is 1. The van der Waals surface area contributed by atoms with Crippen LogP contribution < -0.4 is 10.1 Å². The van der Waals surface area contributed by atoms with Gasteiger partial charge in [0.15, 0.2) is 11.6 Å². The standard InChI is InChI=1S/C12H14FNO4S/c1-18-9-4-2-3-8(11(9)13)12(17)14-5-6-19-7-10(15)16/h2-4H,5-7H2,1H3,(H,14,17)(H,15,16). The lowest BCUT2D eigenvalue weighted by Crippen LogP contribution is -2.27. The Kier molecular flexibility index (Phi) is 6.14. The van der Waals surface area contributed by atoms with Gasteiger partial charge in [0.1, 0.15) is 0 Å². The third-order valence-electron chi connectivity index (χ3n) is 2.19. The normalized spacial score (nSPS) is 10.0. The third-order valence-corrected chi connectivity index (χ3v) is 3.13. The molecule has 104 valence electrons. The number of rotatable bonds is 7. The Morgan fingerprint density at radius 3 is 2.84 bits per heavy atom. The van der Waals surface area contributed by atoms with Crippen molar-refractivity contribution in [3.63, 3.8) is 0 Å². The van der Waals surface area contributed by atoms with Crippen LogP contribution in [0.3, 0.4) is 0 Å². The maximum absolute atomic E-state index is 13.7. The van der Waals surface area contributed by atoms with Gasteiger partial charge in [0.05, 0.1) is 18.4 Å². The molecular weight excluding hydrogens is 273 g/mol. The number of aliphatic carboxylic acids is 1. The van der Waals surface area contributed by atoms with Gasteiger partial charge in [0.25, 0.3) is 5.91 Å². The highest BCUT2D eigenvalue weighted by Gasteiger charge is 2.14. The van der Waals surface area contributed by atoms with Crippen LogP contribution >= 0.6 is 11.8 Å². The molecule has 0 saturated heterocycles. The molecule has 0 spiro atoms. The van der Waals surface area contributed by atoms with Crippen molar-refractivity contribution in [3.05, 3.63) is 29.6 Å². The number of nitrogens with one attached hydrogen (secondary N) is 1. The van der Waals surface area contributed by atoms with Crippen molar-refractivity contribution in [1.29, 1.82) is 0 Å². The second-order valence-corrected chi connectivity index (χ2v) is 4.63. The SMILES string of the molecule is COc1cccc(C(=O)NCCSCC(=O)O)c1F. The molecular formula is C12H14FNO4S. The molecule has 0 aliphatic heterocycles. The number of carbonyl (C=O) groups is 2. The Morgan fingerprint density at radius 2 is 2.21 bits per heavy atom. The lowest BCUT2D eigenvalue weighted by atomic mass is 10.2. The predicted molar refractivity (Wildman–Crippen MR) is 70.2 cm³/mol. The van der Waals surface area contributed by atoms with Crippen molar-refractivity contribution in [2.45, 2.75) is 0 Å². The summed E-state index contributed by atoms with van der Waals surface area (Å²) >= 11 is 1.18. The van der Waals surface area contributed by atoms with Gasteiger partial charge in [-0.15, -0.1) is 11.8 Å². The molecule has 0 aliphatic rings. The number of amides is 1. The zero-order valence-electron chi connectivity index (χ0n) is 10.3. The Labute approximate surface area is 114 Å². The topological polar surface area (TPSA) is 75.6 Å². The maximum Gasteiger partial charge on any atom is 0.313 e. The summed E-state index contributed by atoms with van der Waals surface area (Å²) in [7, 11) is 1.32. The molecule has 0 aromatic heterocycles. The molecule has 0 saturated carbocycles. The lowest BCUT2D eigenvalue weighted by molar-refractivity contribution is -0.133. The molecule has 0 atom stereocenters. The highest BCUT2D eigenvalue weighted by atomic mass is 32.2. The van der Waals surface area contributed by atoms with E-state index in [1.165, 1.54) is 37.1 Å². The van der Waals surface area contributed by atoms with E-state index < -0.39 is 17.7 Å². The molecule has 0 unspecified atom stereocenters. The molecule has 0 radical (unpaired) electrons. The summed E-state index contributed by atoms with van der Waals surface area (Å²) in [5.41, 5.74) is -0.0948. The van der Waals surface area contributed by atoms with Crippen LogP contribution in [0.2, 0.25) is 0 Å². The molecule has 0 heterocycles. The minimum Gasteiger partial charge on any atom is -0.494 e. The van der Waals surface area contributed by atoms with Crippen LogP contribution in [0.15, 0.2) is 18.2 Å². The number of halogens is 1. The predicted octanol–water partition coefficient (Wildman–Crippen LogP) is 1.38. The zero-order chi connectivity index (χ0) is 14.3. The fraction of sp³-hybridized carbons (Fsp3) is 0.333. The van der Waals surface area contributed by atoms with Gasteiger partial charge in [-0.25, -0.2) is 4.39 Å². The van der Waals surface area contributed by atoms with Gasteiger partial charge in [-0.1, -0.05) is 6.07 Å². The summed E-state index contributed by atoms with van der Waals surface area (Å²) in [4.78, 5) is 22.0. The number of ether oxygens (including phenoxy) is 1. The van der Waals surface area contributed by atoms with E-state index in [1.807, 2.05) is 0 Å². The first kappa shape index (κ1) is 15.3. The summed E-state index contributed by atoms with van der Waals surface area (Å²) in [6.07, 6.45) is 0. The van der Waals surface area contributed by atoms with E-state index in [2.05, 4.69) is 5.32 Å². The largest absolute Gasteiger partial charge is 0.494 e. The number of carboxylic acid groups (broad SMARTS) is 1. The first-order valence-electron chi connectivity index (χ1n) is 5.46. The maximum atomic E-state index is 13.7. The second-order valence-electron chi connectivity index (χ2n) is 3.52. The summed E-state index contributed by atoms with van der Waals surface area (Å²) in [5.74, 6) is -1.73. The van der Waals surface area contributed by atoms with Crippen molar-refractivity contribution < 1.29 is 23.8 Å². The van der Waals surface area contributed by atoms with E-state index in [9.17, 15) is 14.0 Å². The molecule has 5 nitrogen and oxygen atoms in total. The molecule has 2 N–H and O–H groups in total. The van der Waals surface area contributed by atoms with Crippen LogP contribution in [0.1, 0.15) is 10.4 Å². The molecule has 0 aliphatic carbocycles. The molecule has 1 aromatic carbocycles. The Morgan fingerprint density at radius 1 is 1.47 bits per heavy atom. The smallest absolute Gasteiger partial charge is 0.313 e. The molecule has 7 heteroatoms. The van der Waals surface area contributed by atoms with Gasteiger partial charge >= 0.3 is 5.97 Å². The van der Waals surface area contributed by atoms with E-state index in [4.69, 9.17) is 9.84 Å². The van der Waals surface area contributed by atoms with Crippen molar-refractivity contribution in [2.24, 2.45) is 0 Å². The van der Waals surface area contributed by atoms with Crippen LogP contribution in [0.5, 0.6) is 5.75 Å². The molecule has 1 aromatic rings. The van der Waals surface area contributed by atoms with Crippen LogP contribution in [0.4, 0.5) is 4.39 Å². The first-order chi connectivity index (χ1) is 9.06. The number of benzene rings is 1. The molecule has 1 rings (SSSR count). The van der Waals surface area contributed by atoms with Crippen LogP contribution in [-0.4, -0.2) is 42.1 Å². The molecule has 19 heavy (non-hydrogen) atoms. The first-order valence-corrected chi connectivity index (χ1v) is 6.62. The Balaban J connectivity index is 2.48. The summed E-state index contributed by atoms with van der Waals surface area (Å²) in [6, 6.07) is 4.31.